The first-order chi connectivity index (χ1) is 18.8. The van der Waals surface area contributed by atoms with Gasteiger partial charge in [0.25, 0.3) is 5.56 Å². The second-order valence-corrected chi connectivity index (χ2v) is 10.5. The van der Waals surface area contributed by atoms with E-state index in [1.807, 2.05) is 26.0 Å². The van der Waals surface area contributed by atoms with Crippen molar-refractivity contribution in [1.29, 1.82) is 0 Å². The monoisotopic (exact) mass is 532 g/mol. The van der Waals surface area contributed by atoms with Gasteiger partial charge in [-0.1, -0.05) is 20.4 Å². The van der Waals surface area contributed by atoms with Gasteiger partial charge in [0.05, 0.1) is 25.0 Å². The summed E-state index contributed by atoms with van der Waals surface area (Å²) >= 11 is 0. The van der Waals surface area contributed by atoms with Crippen LogP contribution in [0.2, 0.25) is 0 Å². The van der Waals surface area contributed by atoms with Gasteiger partial charge in [-0.05, 0) is 31.7 Å². The Balaban J connectivity index is 1.49. The van der Waals surface area contributed by atoms with E-state index in [1.165, 1.54) is 6.08 Å². The third kappa shape index (κ3) is 5.31. The Bertz CT molecular complexity index is 1440. The number of benzene rings is 1. The second-order valence-electron chi connectivity index (χ2n) is 10.5. The molecule has 2 fully saturated rings. The van der Waals surface area contributed by atoms with Crippen molar-refractivity contribution in [3.63, 3.8) is 0 Å². The minimum absolute atomic E-state index is 0.0682. The summed E-state index contributed by atoms with van der Waals surface area (Å²) in [6, 6.07) is 5.82. The number of aromatic nitrogens is 4. The molecule has 1 amide bonds. The third-order valence-electron chi connectivity index (χ3n) is 7.52. The van der Waals surface area contributed by atoms with Crippen LogP contribution in [0.4, 0.5) is 17.3 Å². The molecule has 0 aliphatic carbocycles. The van der Waals surface area contributed by atoms with Crippen LogP contribution in [0.25, 0.3) is 11.2 Å². The zero-order valence-electron chi connectivity index (χ0n) is 23.1. The molecule has 1 N–H and O–H groups in total. The van der Waals surface area contributed by atoms with Crippen molar-refractivity contribution < 1.29 is 9.53 Å². The van der Waals surface area contributed by atoms with E-state index in [-0.39, 0.29) is 23.4 Å². The van der Waals surface area contributed by atoms with E-state index in [0.29, 0.717) is 48.1 Å². The molecule has 3 aromatic rings. The molecule has 1 atom stereocenters. The summed E-state index contributed by atoms with van der Waals surface area (Å²) in [5.74, 6) is 0.797. The van der Waals surface area contributed by atoms with Crippen molar-refractivity contribution in [2.75, 3.05) is 63.6 Å². The van der Waals surface area contributed by atoms with Crippen molar-refractivity contribution >= 4 is 34.4 Å². The fraction of sp³-hybridized carbons (Fsp3) is 0.464. The van der Waals surface area contributed by atoms with E-state index >= 15 is 0 Å². The largest absolute Gasteiger partial charge is 0.494 e. The Morgan fingerprint density at radius 2 is 1.95 bits per heavy atom. The summed E-state index contributed by atoms with van der Waals surface area (Å²) in [4.78, 5) is 46.1. The average Bonchev–Trinajstić information content (AvgIpc) is 3.42. The normalized spacial score (nSPS) is 18.1. The summed E-state index contributed by atoms with van der Waals surface area (Å²) in [5.41, 5.74) is 3.07. The van der Waals surface area contributed by atoms with E-state index in [9.17, 15) is 9.59 Å². The molecule has 206 valence electrons. The fourth-order valence-corrected chi connectivity index (χ4v) is 5.24. The Hall–Kier alpha value is -3.99. The Morgan fingerprint density at radius 3 is 2.64 bits per heavy atom. The standard InChI is InChI=1S/C28H36N8O3/c1-6-24(37)35-10-9-20(17-35)36-26-22(30-25(18(2)3)27(36)38)16-29-28(32-26)31-21-8-7-19(15-23(21)39-5)34-13-11-33(4)12-14-34/h6-8,15-16,18,20H,1,9-14,17H2,2-5H3,(H,29,31,32)/t20-/m0/s1. The molecule has 11 nitrogen and oxygen atoms in total. The Kier molecular flexibility index (Phi) is 7.51. The Labute approximate surface area is 228 Å². The number of rotatable bonds is 7. The number of methoxy groups -OCH3 is 1. The van der Waals surface area contributed by atoms with Crippen molar-refractivity contribution in [1.82, 2.24) is 29.3 Å². The number of piperazine rings is 1. The molecule has 1 aromatic carbocycles. The van der Waals surface area contributed by atoms with Crippen molar-refractivity contribution in [3.8, 4) is 5.75 Å². The zero-order valence-corrected chi connectivity index (χ0v) is 23.1. The van der Waals surface area contributed by atoms with Crippen LogP contribution in [0.5, 0.6) is 5.75 Å². The third-order valence-corrected chi connectivity index (χ3v) is 7.52. The number of anilines is 3. The van der Waals surface area contributed by atoms with E-state index in [2.05, 4.69) is 44.8 Å². The first-order valence-corrected chi connectivity index (χ1v) is 13.4. The van der Waals surface area contributed by atoms with Gasteiger partial charge in [0.1, 0.15) is 17.0 Å². The molecule has 4 heterocycles. The van der Waals surface area contributed by atoms with Gasteiger partial charge in [-0.3, -0.25) is 14.2 Å². The highest BCUT2D eigenvalue weighted by Crippen LogP contribution is 2.32. The molecule has 0 unspecified atom stereocenters. The fourth-order valence-electron chi connectivity index (χ4n) is 5.24. The van der Waals surface area contributed by atoms with Crippen molar-refractivity contribution in [3.05, 3.63) is 53.1 Å². The van der Waals surface area contributed by atoms with Crippen LogP contribution in [0.15, 0.2) is 41.8 Å². The molecule has 2 saturated heterocycles. The van der Waals surface area contributed by atoms with Crippen LogP contribution in [0, 0.1) is 0 Å². The molecule has 0 bridgehead atoms. The summed E-state index contributed by atoms with van der Waals surface area (Å²) < 4.78 is 7.39. The van der Waals surface area contributed by atoms with Crippen LogP contribution in [-0.2, 0) is 4.79 Å². The number of nitrogens with one attached hydrogen (secondary N) is 1. The van der Waals surface area contributed by atoms with E-state index in [0.717, 1.165) is 37.6 Å². The summed E-state index contributed by atoms with van der Waals surface area (Å²) in [6.07, 6.45) is 3.59. The lowest BCUT2D eigenvalue weighted by molar-refractivity contribution is -0.125. The summed E-state index contributed by atoms with van der Waals surface area (Å²) in [6.45, 7) is 12.4. The number of likely N-dealkylation sites (tertiary alicyclic amines) is 1. The predicted octanol–water partition coefficient (Wildman–Crippen LogP) is 2.77. The van der Waals surface area contributed by atoms with Gasteiger partial charge in [-0.15, -0.1) is 0 Å². The quantitative estimate of drug-likeness (QED) is 0.460. The average molecular weight is 533 g/mol. The maximum absolute atomic E-state index is 13.6. The van der Waals surface area contributed by atoms with Crippen LogP contribution >= 0.6 is 0 Å². The van der Waals surface area contributed by atoms with Crippen molar-refractivity contribution in [2.24, 2.45) is 0 Å². The summed E-state index contributed by atoms with van der Waals surface area (Å²) in [5, 5.41) is 3.27. The van der Waals surface area contributed by atoms with Crippen LogP contribution in [-0.4, -0.2) is 88.7 Å². The lowest BCUT2D eigenvalue weighted by Crippen LogP contribution is -2.44. The van der Waals surface area contributed by atoms with Gasteiger partial charge in [-0.2, -0.15) is 4.98 Å². The van der Waals surface area contributed by atoms with Crippen LogP contribution < -0.4 is 20.5 Å². The topological polar surface area (TPSA) is 109 Å². The zero-order chi connectivity index (χ0) is 27.7. The molecule has 0 saturated carbocycles. The highest BCUT2D eigenvalue weighted by Gasteiger charge is 2.30. The van der Waals surface area contributed by atoms with E-state index in [4.69, 9.17) is 9.72 Å². The van der Waals surface area contributed by atoms with E-state index < -0.39 is 0 Å². The molecule has 2 aliphatic rings. The predicted molar refractivity (Wildman–Crippen MR) is 152 cm³/mol. The van der Waals surface area contributed by atoms with Crippen molar-refractivity contribution in [2.45, 2.75) is 32.2 Å². The molecule has 2 aliphatic heterocycles. The molecule has 39 heavy (non-hydrogen) atoms. The molecular weight excluding hydrogens is 496 g/mol. The number of nitrogens with zero attached hydrogens (tertiary/aromatic N) is 7. The van der Waals surface area contributed by atoms with E-state index in [1.54, 1.807) is 22.8 Å². The number of hydrogen-bond donors (Lipinski definition) is 1. The number of fused-ring (bicyclic) bond motifs is 1. The molecule has 5 rings (SSSR count). The minimum atomic E-state index is -0.218. The second kappa shape index (κ2) is 11.0. The number of hydrogen-bond acceptors (Lipinski definition) is 9. The van der Waals surface area contributed by atoms with Gasteiger partial charge in [0.15, 0.2) is 5.65 Å². The highest BCUT2D eigenvalue weighted by atomic mass is 16.5. The van der Waals surface area contributed by atoms with Gasteiger partial charge in [-0.25, -0.2) is 9.97 Å². The lowest BCUT2D eigenvalue weighted by atomic mass is 10.1. The highest BCUT2D eigenvalue weighted by molar-refractivity contribution is 5.87. The molecule has 0 spiro atoms. The van der Waals surface area contributed by atoms with Crippen LogP contribution in [0.1, 0.15) is 37.9 Å². The van der Waals surface area contributed by atoms with Gasteiger partial charge >= 0.3 is 0 Å². The molecule has 2 aromatic heterocycles. The number of amides is 1. The molecular formula is C28H36N8O3. The number of carbonyl (C=O) groups excluding carboxylic acids is 1. The lowest BCUT2D eigenvalue weighted by Gasteiger charge is -2.34. The molecule has 11 heteroatoms. The maximum atomic E-state index is 13.6. The number of ether oxygens (including phenoxy) is 1. The SMILES string of the molecule is C=CC(=O)N1CC[C@H](n2c(=O)c(C(C)C)nc3cnc(Nc4ccc(N5CCN(C)CC5)cc4OC)nc32)C1. The molecule has 0 radical (unpaired) electrons. The van der Waals surface area contributed by atoms with Gasteiger partial charge in [0, 0.05) is 56.9 Å². The number of likely N-dealkylation sites (N-methyl/N-ethyl adjacent to an activating group) is 1. The first-order valence-electron chi connectivity index (χ1n) is 13.4. The smallest absolute Gasteiger partial charge is 0.274 e. The summed E-state index contributed by atoms with van der Waals surface area (Å²) in [7, 11) is 3.78. The first kappa shape index (κ1) is 26.6. The van der Waals surface area contributed by atoms with Crippen LogP contribution in [0.3, 0.4) is 0 Å². The minimum Gasteiger partial charge on any atom is -0.494 e. The Morgan fingerprint density at radius 1 is 1.18 bits per heavy atom. The van der Waals surface area contributed by atoms with Gasteiger partial charge in [0.2, 0.25) is 11.9 Å². The van der Waals surface area contributed by atoms with Gasteiger partial charge < -0.3 is 24.8 Å². The number of carbonyl (C=O) groups is 1. The maximum Gasteiger partial charge on any atom is 0.274 e.